The molecule has 176 valence electrons. The number of thioether (sulfide) groups is 1. The second-order valence-electron chi connectivity index (χ2n) is 7.06. The van der Waals surface area contributed by atoms with Gasteiger partial charge in [0, 0.05) is 24.6 Å². The molecule has 0 saturated carbocycles. The van der Waals surface area contributed by atoms with Crippen LogP contribution in [0.4, 0.5) is 22.0 Å². The lowest BCUT2D eigenvalue weighted by Crippen LogP contribution is -2.29. The van der Waals surface area contributed by atoms with Crippen molar-refractivity contribution < 1.29 is 41.1 Å². The van der Waals surface area contributed by atoms with Crippen LogP contribution in [0.5, 0.6) is 0 Å². The Labute approximate surface area is 194 Å². The summed E-state index contributed by atoms with van der Waals surface area (Å²) in [5.74, 6) is -4.95. The highest BCUT2D eigenvalue weighted by atomic mass is 32.2. The van der Waals surface area contributed by atoms with Crippen molar-refractivity contribution in [3.05, 3.63) is 52.1 Å². The minimum Gasteiger partial charge on any atom is -0.481 e. The van der Waals surface area contributed by atoms with Crippen LogP contribution in [0, 0.1) is 11.6 Å². The number of carboxylic acid groups (broad SMARTS) is 1. The fraction of sp³-hybridized carbons (Fsp3) is 0.286. The maximum atomic E-state index is 13.7. The zero-order chi connectivity index (χ0) is 24.3. The third kappa shape index (κ3) is 5.99. The van der Waals surface area contributed by atoms with Crippen LogP contribution >= 0.6 is 24.0 Å². The SMILES string of the molecule is O=C(O)CCCCCN1C(=O)C(=Cc2ccc(-c3cc(F)c(F)c(C(F)(F)F)c3)o2)SC1=S. The van der Waals surface area contributed by atoms with Crippen LogP contribution in [0.3, 0.4) is 0 Å². The molecule has 1 amide bonds. The molecule has 1 aliphatic rings. The van der Waals surface area contributed by atoms with Crippen LogP contribution in [-0.4, -0.2) is 32.7 Å². The average molecular weight is 505 g/mol. The summed E-state index contributed by atoms with van der Waals surface area (Å²) in [6, 6.07) is 3.70. The zero-order valence-electron chi connectivity index (χ0n) is 16.7. The molecule has 5 nitrogen and oxygen atoms in total. The molecule has 2 heterocycles. The number of benzene rings is 1. The van der Waals surface area contributed by atoms with Crippen LogP contribution in [0.15, 0.2) is 33.6 Å². The van der Waals surface area contributed by atoms with E-state index >= 15 is 0 Å². The van der Waals surface area contributed by atoms with Gasteiger partial charge in [-0.25, -0.2) is 8.78 Å². The van der Waals surface area contributed by atoms with E-state index in [0.29, 0.717) is 42.3 Å². The van der Waals surface area contributed by atoms with Gasteiger partial charge in [0.2, 0.25) is 0 Å². The van der Waals surface area contributed by atoms with Gasteiger partial charge in [-0.05, 0) is 37.1 Å². The summed E-state index contributed by atoms with van der Waals surface area (Å²) in [4.78, 5) is 24.7. The van der Waals surface area contributed by atoms with Gasteiger partial charge in [0.25, 0.3) is 5.91 Å². The molecular weight excluding hydrogens is 489 g/mol. The lowest BCUT2D eigenvalue weighted by Gasteiger charge is -2.13. The summed E-state index contributed by atoms with van der Waals surface area (Å²) in [5.41, 5.74) is -2.06. The highest BCUT2D eigenvalue weighted by Gasteiger charge is 2.36. The van der Waals surface area contributed by atoms with Gasteiger partial charge in [-0.1, -0.05) is 30.4 Å². The molecule has 1 aromatic heterocycles. The quantitative estimate of drug-likeness (QED) is 0.203. The molecule has 1 aliphatic heterocycles. The predicted molar refractivity (Wildman–Crippen MR) is 115 cm³/mol. The molecule has 0 aliphatic carbocycles. The fourth-order valence-electron chi connectivity index (χ4n) is 3.07. The Morgan fingerprint density at radius 1 is 1.18 bits per heavy atom. The third-order valence-electron chi connectivity index (χ3n) is 4.66. The molecule has 1 fully saturated rings. The summed E-state index contributed by atoms with van der Waals surface area (Å²) in [6.45, 7) is 0.320. The maximum Gasteiger partial charge on any atom is 0.419 e. The highest BCUT2D eigenvalue weighted by molar-refractivity contribution is 8.26. The molecule has 2 aromatic rings. The van der Waals surface area contributed by atoms with E-state index < -0.39 is 29.3 Å². The van der Waals surface area contributed by atoms with E-state index in [1.165, 1.54) is 23.1 Å². The van der Waals surface area contributed by atoms with Crippen LogP contribution in [0.1, 0.15) is 37.0 Å². The van der Waals surface area contributed by atoms with E-state index in [9.17, 15) is 31.5 Å². The Kier molecular flexibility index (Phi) is 7.58. The number of carbonyl (C=O) groups excluding carboxylic acids is 1. The number of aliphatic carboxylic acids is 1. The predicted octanol–water partition coefficient (Wildman–Crippen LogP) is 6.09. The molecular formula is C21H16F5NO4S2. The van der Waals surface area contributed by atoms with E-state index in [4.69, 9.17) is 21.7 Å². The Morgan fingerprint density at radius 3 is 2.58 bits per heavy atom. The van der Waals surface area contributed by atoms with Gasteiger partial charge in [-0.15, -0.1) is 0 Å². The van der Waals surface area contributed by atoms with Gasteiger partial charge in [-0.2, -0.15) is 13.2 Å². The molecule has 0 spiro atoms. The van der Waals surface area contributed by atoms with Gasteiger partial charge in [0.1, 0.15) is 15.8 Å². The van der Waals surface area contributed by atoms with E-state index in [0.717, 1.165) is 11.8 Å². The summed E-state index contributed by atoms with van der Waals surface area (Å²) in [6.07, 6.45) is -2.03. The number of carbonyl (C=O) groups is 2. The fourth-order valence-corrected chi connectivity index (χ4v) is 4.36. The molecule has 0 atom stereocenters. The number of thiocarbonyl (C=S) groups is 1. The summed E-state index contributed by atoms with van der Waals surface area (Å²) in [5, 5.41) is 8.64. The first kappa shape index (κ1) is 24.9. The normalized spacial score (nSPS) is 15.7. The summed E-state index contributed by atoms with van der Waals surface area (Å²) in [7, 11) is 0. The van der Waals surface area contributed by atoms with Crippen molar-refractivity contribution in [3.8, 4) is 11.3 Å². The van der Waals surface area contributed by atoms with Crippen molar-refractivity contribution in [1.82, 2.24) is 4.90 Å². The monoisotopic (exact) mass is 505 g/mol. The Bertz CT molecular complexity index is 1130. The van der Waals surface area contributed by atoms with Gasteiger partial charge in [-0.3, -0.25) is 14.5 Å². The van der Waals surface area contributed by atoms with Crippen LogP contribution in [0.25, 0.3) is 17.4 Å². The first-order valence-electron chi connectivity index (χ1n) is 9.61. The lowest BCUT2D eigenvalue weighted by atomic mass is 10.1. The number of carboxylic acids is 1. The number of furan rings is 1. The minimum absolute atomic E-state index is 0.0432. The van der Waals surface area contributed by atoms with Crippen LogP contribution in [-0.2, 0) is 15.8 Å². The van der Waals surface area contributed by atoms with E-state index in [1.807, 2.05) is 0 Å². The third-order valence-corrected chi connectivity index (χ3v) is 6.04. The standard InChI is InChI=1S/C21H16F5NO4S2/c22-14-9-11(8-13(18(14)23)21(24,25)26)15-6-5-12(31-15)10-16-19(30)27(20(32)33-16)7-3-1-2-4-17(28)29/h5-6,8-10H,1-4,7H2,(H,28,29). The molecule has 3 rings (SSSR count). The number of hydrogen-bond donors (Lipinski definition) is 1. The Hall–Kier alpha value is -2.73. The number of unbranched alkanes of at least 4 members (excludes halogenated alkanes) is 2. The molecule has 1 aromatic carbocycles. The first-order chi connectivity index (χ1) is 15.5. The van der Waals surface area contributed by atoms with E-state index in [-0.39, 0.29) is 34.3 Å². The number of hydrogen-bond acceptors (Lipinski definition) is 5. The highest BCUT2D eigenvalue weighted by Crippen LogP contribution is 2.37. The zero-order valence-corrected chi connectivity index (χ0v) is 18.4. The lowest BCUT2D eigenvalue weighted by molar-refractivity contribution is -0.140. The summed E-state index contributed by atoms with van der Waals surface area (Å²) >= 11 is 6.22. The van der Waals surface area contributed by atoms with Crippen molar-refractivity contribution in [2.75, 3.05) is 6.54 Å². The van der Waals surface area contributed by atoms with Gasteiger partial charge >= 0.3 is 12.1 Å². The second-order valence-corrected chi connectivity index (χ2v) is 8.73. The van der Waals surface area contributed by atoms with Crippen LogP contribution < -0.4 is 0 Å². The Morgan fingerprint density at radius 2 is 1.91 bits per heavy atom. The van der Waals surface area contributed by atoms with Crippen molar-refractivity contribution in [2.24, 2.45) is 0 Å². The number of alkyl halides is 3. The van der Waals surface area contributed by atoms with Crippen LogP contribution in [0.2, 0.25) is 0 Å². The van der Waals surface area contributed by atoms with Crippen molar-refractivity contribution in [2.45, 2.75) is 31.9 Å². The van der Waals surface area contributed by atoms with Gasteiger partial charge < -0.3 is 9.52 Å². The molecule has 1 N–H and O–H groups in total. The van der Waals surface area contributed by atoms with Crippen molar-refractivity contribution >= 4 is 46.3 Å². The Balaban J connectivity index is 1.73. The average Bonchev–Trinajstić information content (AvgIpc) is 3.28. The molecule has 12 heteroatoms. The van der Waals surface area contributed by atoms with Crippen molar-refractivity contribution in [1.29, 1.82) is 0 Å². The number of nitrogens with zero attached hydrogens (tertiary/aromatic N) is 1. The second kappa shape index (κ2) is 10.0. The molecule has 0 radical (unpaired) electrons. The smallest absolute Gasteiger partial charge is 0.419 e. The van der Waals surface area contributed by atoms with E-state index in [2.05, 4.69) is 0 Å². The first-order valence-corrected chi connectivity index (χ1v) is 10.8. The molecule has 33 heavy (non-hydrogen) atoms. The summed E-state index contributed by atoms with van der Waals surface area (Å²) < 4.78 is 71.8. The number of halogens is 5. The topological polar surface area (TPSA) is 70.8 Å². The molecule has 1 saturated heterocycles. The number of rotatable bonds is 8. The minimum atomic E-state index is -5.09. The van der Waals surface area contributed by atoms with Gasteiger partial charge in [0.15, 0.2) is 11.6 Å². The van der Waals surface area contributed by atoms with Crippen molar-refractivity contribution in [3.63, 3.8) is 0 Å². The molecule has 0 bridgehead atoms. The molecule has 0 unspecified atom stereocenters. The van der Waals surface area contributed by atoms with E-state index in [1.54, 1.807) is 0 Å². The largest absolute Gasteiger partial charge is 0.481 e. The van der Waals surface area contributed by atoms with Gasteiger partial charge in [0.05, 0.1) is 10.5 Å². The maximum absolute atomic E-state index is 13.7. The number of amides is 1.